The quantitative estimate of drug-likeness (QED) is 0.284. The van der Waals surface area contributed by atoms with Crippen LogP contribution in [0.3, 0.4) is 0 Å². The van der Waals surface area contributed by atoms with Gasteiger partial charge >= 0.3 is 0 Å². The van der Waals surface area contributed by atoms with Gasteiger partial charge < -0.3 is 10.6 Å². The minimum absolute atomic E-state index is 0.0193. The van der Waals surface area contributed by atoms with Gasteiger partial charge in [-0.25, -0.2) is 4.98 Å². The molecule has 1 aliphatic rings. The van der Waals surface area contributed by atoms with Crippen molar-refractivity contribution < 1.29 is 15.0 Å². The minimum Gasteiger partial charge on any atom is -0.360 e. The first kappa shape index (κ1) is 27.3. The van der Waals surface area contributed by atoms with Gasteiger partial charge in [0.1, 0.15) is 11.8 Å². The smallest absolute Gasteiger partial charge is 0.294 e. The number of thioether (sulfide) groups is 1. The number of carbonyl (C=O) groups excluding carboxylic acids is 2. The van der Waals surface area contributed by atoms with Crippen LogP contribution in [-0.4, -0.2) is 51.5 Å². The highest BCUT2D eigenvalue weighted by Gasteiger charge is 2.39. The number of anilines is 1. The maximum atomic E-state index is 13.3. The van der Waals surface area contributed by atoms with E-state index in [1.807, 2.05) is 44.2 Å². The topological polar surface area (TPSA) is 143 Å². The second-order valence-corrected chi connectivity index (χ2v) is 10.4. The molecule has 1 fully saturated rings. The van der Waals surface area contributed by atoms with Crippen molar-refractivity contribution in [3.63, 3.8) is 0 Å². The van der Waals surface area contributed by atoms with E-state index in [1.54, 1.807) is 13.1 Å². The number of hydrogen-bond donors (Lipinski definition) is 4. The van der Waals surface area contributed by atoms with E-state index in [0.29, 0.717) is 17.2 Å². The van der Waals surface area contributed by atoms with Gasteiger partial charge in [-0.3, -0.25) is 29.8 Å². The van der Waals surface area contributed by atoms with Crippen LogP contribution in [0.2, 0.25) is 0 Å². The molecule has 1 heterocycles. The second-order valence-electron chi connectivity index (χ2n) is 9.41. The number of nitrogens with zero attached hydrogens (tertiary/aromatic N) is 2. The number of amides is 1. The molecule has 3 rings (SSSR count). The molecule has 0 saturated heterocycles. The van der Waals surface area contributed by atoms with Crippen molar-refractivity contribution in [3.05, 3.63) is 58.1 Å². The molecule has 0 spiro atoms. The minimum atomic E-state index is -0.717. The standard InChI is InChI=1S/C26H34N6O3S/c1-16(2)22-13-32(26(35)24(31-22)29-12-21(28)17(3)27)23(19-9-10-19)25(34)30-11-20(33)15-36-14-18-7-5-4-6-8-18/h4-8,13,16,19,23,27-28H,9-12,14-15H2,1-3H3,(H,29,31)(H,30,34)/p+1. The van der Waals surface area contributed by atoms with Crippen molar-refractivity contribution in [2.45, 2.75) is 51.3 Å². The van der Waals surface area contributed by atoms with Crippen LogP contribution in [0.4, 0.5) is 5.82 Å². The fourth-order valence-corrected chi connectivity index (χ4v) is 4.48. The van der Waals surface area contributed by atoms with E-state index < -0.39 is 11.6 Å². The van der Waals surface area contributed by atoms with Crippen LogP contribution in [0, 0.1) is 11.3 Å². The lowest BCUT2D eigenvalue weighted by Gasteiger charge is -2.21. The predicted molar refractivity (Wildman–Crippen MR) is 144 cm³/mol. The van der Waals surface area contributed by atoms with Crippen LogP contribution in [0.25, 0.3) is 0 Å². The van der Waals surface area contributed by atoms with Crippen LogP contribution < -0.4 is 21.6 Å². The molecule has 1 aliphatic carbocycles. The second kappa shape index (κ2) is 12.6. The van der Waals surface area contributed by atoms with Gasteiger partial charge in [-0.2, -0.15) is 0 Å². The number of benzene rings is 1. The lowest BCUT2D eigenvalue weighted by molar-refractivity contribution is -0.127. The summed E-state index contributed by atoms with van der Waals surface area (Å²) in [5, 5.41) is 19.3. The molecular formula is C26H35N6O3S+. The molecule has 192 valence electrons. The SMILES string of the molecule is CC(=[NH2+])C(=N)CNc1nc(C(C)C)cn(C(C(=O)NCC(=O)CSCc2ccccc2)C2CC2)c1=O. The van der Waals surface area contributed by atoms with Crippen LogP contribution >= 0.6 is 11.8 Å². The number of nitrogens with two attached hydrogens (primary N) is 1. The van der Waals surface area contributed by atoms with Crippen molar-refractivity contribution in [2.75, 3.05) is 24.2 Å². The maximum absolute atomic E-state index is 13.3. The highest BCUT2D eigenvalue weighted by atomic mass is 32.2. The number of aromatic nitrogens is 2. The molecule has 1 atom stereocenters. The molecule has 36 heavy (non-hydrogen) atoms. The summed E-state index contributed by atoms with van der Waals surface area (Å²) in [7, 11) is 0. The zero-order chi connectivity index (χ0) is 26.2. The molecule has 1 unspecified atom stereocenters. The number of Topliss-reactive ketones (excluding diaryl/α,β-unsaturated/α-hetero) is 1. The van der Waals surface area contributed by atoms with Gasteiger partial charge in [0.25, 0.3) is 5.56 Å². The Morgan fingerprint density at radius 2 is 1.92 bits per heavy atom. The molecular weight excluding hydrogens is 476 g/mol. The first-order valence-corrected chi connectivity index (χ1v) is 13.3. The third kappa shape index (κ3) is 7.61. The summed E-state index contributed by atoms with van der Waals surface area (Å²) < 4.78 is 1.44. The summed E-state index contributed by atoms with van der Waals surface area (Å²) in [5.74, 6) is 0.741. The molecule has 0 radical (unpaired) electrons. The van der Waals surface area contributed by atoms with Crippen LogP contribution in [-0.2, 0) is 15.3 Å². The van der Waals surface area contributed by atoms with Crippen molar-refractivity contribution >= 4 is 40.7 Å². The van der Waals surface area contributed by atoms with Gasteiger partial charge in [0, 0.05) is 18.9 Å². The Balaban J connectivity index is 1.69. The van der Waals surface area contributed by atoms with Gasteiger partial charge in [-0.15, -0.1) is 11.8 Å². The summed E-state index contributed by atoms with van der Waals surface area (Å²) in [5.41, 5.74) is 1.88. The van der Waals surface area contributed by atoms with Crippen molar-refractivity contribution in [2.24, 2.45) is 5.92 Å². The molecule has 9 nitrogen and oxygen atoms in total. The molecule has 10 heteroatoms. The van der Waals surface area contributed by atoms with E-state index in [0.717, 1.165) is 24.2 Å². The molecule has 1 amide bonds. The fourth-order valence-electron chi connectivity index (χ4n) is 3.62. The zero-order valence-electron chi connectivity index (χ0n) is 21.0. The molecule has 1 aromatic heterocycles. The highest BCUT2D eigenvalue weighted by molar-refractivity contribution is 7.99. The number of carbonyl (C=O) groups is 2. The Labute approximate surface area is 215 Å². The molecule has 1 saturated carbocycles. The van der Waals surface area contributed by atoms with Crippen molar-refractivity contribution in [1.82, 2.24) is 14.9 Å². The Hall–Kier alpha value is -3.27. The first-order chi connectivity index (χ1) is 17.2. The van der Waals surface area contributed by atoms with Crippen molar-refractivity contribution in [3.8, 4) is 0 Å². The number of ketones is 1. The van der Waals surface area contributed by atoms with Crippen LogP contribution in [0.15, 0.2) is 41.3 Å². The Morgan fingerprint density at radius 3 is 2.53 bits per heavy atom. The van der Waals surface area contributed by atoms with E-state index >= 15 is 0 Å². The fraction of sp³-hybridized carbons (Fsp3) is 0.462. The van der Waals surface area contributed by atoms with Gasteiger partial charge in [-0.1, -0.05) is 44.2 Å². The average molecular weight is 512 g/mol. The summed E-state index contributed by atoms with van der Waals surface area (Å²) in [6.45, 7) is 5.52. The Kier molecular flexibility index (Phi) is 9.58. The van der Waals surface area contributed by atoms with E-state index in [-0.39, 0.29) is 48.1 Å². The maximum Gasteiger partial charge on any atom is 0.294 e. The van der Waals surface area contributed by atoms with Crippen LogP contribution in [0.1, 0.15) is 56.8 Å². The van der Waals surface area contributed by atoms with Crippen molar-refractivity contribution in [1.29, 1.82) is 5.41 Å². The molecule has 5 N–H and O–H groups in total. The van der Waals surface area contributed by atoms with E-state index in [4.69, 9.17) is 10.8 Å². The van der Waals surface area contributed by atoms with E-state index in [2.05, 4.69) is 15.6 Å². The lowest BCUT2D eigenvalue weighted by Crippen LogP contribution is -2.45. The third-order valence-electron chi connectivity index (χ3n) is 5.92. The molecule has 2 aromatic rings. The average Bonchev–Trinajstić information content (AvgIpc) is 3.68. The lowest BCUT2D eigenvalue weighted by atomic mass is 10.1. The van der Waals surface area contributed by atoms with Gasteiger partial charge in [-0.05, 0) is 30.2 Å². The molecule has 0 aliphatic heterocycles. The number of rotatable bonds is 14. The van der Waals surface area contributed by atoms with Gasteiger partial charge in [0.05, 0.1) is 24.5 Å². The highest BCUT2D eigenvalue weighted by Crippen LogP contribution is 2.39. The number of nitrogens with one attached hydrogen (secondary N) is 3. The van der Waals surface area contributed by atoms with E-state index in [9.17, 15) is 14.4 Å². The summed E-state index contributed by atoms with van der Waals surface area (Å²) in [6, 6.07) is 9.19. The molecule has 0 bridgehead atoms. The normalized spacial score (nSPS) is 13.8. The third-order valence-corrected chi connectivity index (χ3v) is 6.98. The Morgan fingerprint density at radius 1 is 1.22 bits per heavy atom. The number of hydrogen-bond acceptors (Lipinski definition) is 7. The van der Waals surface area contributed by atoms with E-state index in [1.165, 1.54) is 16.3 Å². The predicted octanol–water partition coefficient (Wildman–Crippen LogP) is 1.59. The monoisotopic (exact) mass is 511 g/mol. The molecule has 1 aromatic carbocycles. The van der Waals surface area contributed by atoms with Gasteiger partial charge in [0.2, 0.25) is 5.91 Å². The Bertz CT molecular complexity index is 1170. The van der Waals surface area contributed by atoms with Gasteiger partial charge in [0.15, 0.2) is 17.3 Å². The first-order valence-electron chi connectivity index (χ1n) is 12.1. The summed E-state index contributed by atoms with van der Waals surface area (Å²) in [6.07, 6.45) is 3.31. The van der Waals surface area contributed by atoms with Crippen LogP contribution in [0.5, 0.6) is 0 Å². The zero-order valence-corrected chi connectivity index (χ0v) is 21.9. The summed E-state index contributed by atoms with van der Waals surface area (Å²) >= 11 is 1.51. The largest absolute Gasteiger partial charge is 0.360 e. The summed E-state index contributed by atoms with van der Waals surface area (Å²) in [4.78, 5) is 43.3.